The minimum atomic E-state index is -0.404. The summed E-state index contributed by atoms with van der Waals surface area (Å²) in [4.78, 5) is 14.4. The molecular weight excluding hydrogens is 176 g/mol. The van der Waals surface area contributed by atoms with Crippen LogP contribution in [0.25, 0.3) is 0 Å². The van der Waals surface area contributed by atoms with Gasteiger partial charge in [0, 0.05) is 18.0 Å². The van der Waals surface area contributed by atoms with Gasteiger partial charge in [0.2, 0.25) is 0 Å². The highest BCUT2D eigenvalue weighted by molar-refractivity contribution is 5.97. The van der Waals surface area contributed by atoms with Crippen molar-refractivity contribution in [3.63, 3.8) is 0 Å². The SMILES string of the molecule is CC1CC=C(C2=C[N]C(=O)N=C2)CC1. The fourth-order valence-electron chi connectivity index (χ4n) is 1.71. The van der Waals surface area contributed by atoms with Gasteiger partial charge in [-0.3, -0.25) is 0 Å². The van der Waals surface area contributed by atoms with Gasteiger partial charge in [0.05, 0.1) is 0 Å². The van der Waals surface area contributed by atoms with Gasteiger partial charge in [0.15, 0.2) is 0 Å². The standard InChI is InChI=1S/C11H13N2O/c1-8-2-4-9(5-3-8)10-6-12-11(14)13-7-10/h4,6-8H,2-3,5H2,1H3. The van der Waals surface area contributed by atoms with Crippen molar-refractivity contribution in [3.05, 3.63) is 23.4 Å². The predicted molar refractivity (Wildman–Crippen MR) is 55.2 cm³/mol. The summed E-state index contributed by atoms with van der Waals surface area (Å²) in [5.74, 6) is 0.776. The lowest BCUT2D eigenvalue weighted by Crippen LogP contribution is -2.13. The zero-order valence-electron chi connectivity index (χ0n) is 8.23. The molecule has 0 spiro atoms. The Hall–Kier alpha value is -1.38. The van der Waals surface area contributed by atoms with Gasteiger partial charge in [-0.2, -0.15) is 10.3 Å². The van der Waals surface area contributed by atoms with E-state index in [1.807, 2.05) is 0 Å². The molecule has 0 aromatic carbocycles. The summed E-state index contributed by atoms with van der Waals surface area (Å²) in [5.41, 5.74) is 2.28. The van der Waals surface area contributed by atoms with Crippen molar-refractivity contribution in [1.29, 1.82) is 0 Å². The lowest BCUT2D eigenvalue weighted by molar-refractivity contribution is 0.251. The third-order valence-corrected chi connectivity index (χ3v) is 2.67. The third-order valence-electron chi connectivity index (χ3n) is 2.67. The van der Waals surface area contributed by atoms with E-state index in [0.29, 0.717) is 0 Å². The molecule has 0 bridgehead atoms. The van der Waals surface area contributed by atoms with E-state index in [4.69, 9.17) is 0 Å². The second-order valence-corrected chi connectivity index (χ2v) is 3.86. The number of allylic oxidation sites excluding steroid dienone is 3. The van der Waals surface area contributed by atoms with Crippen LogP contribution in [0.5, 0.6) is 0 Å². The monoisotopic (exact) mass is 189 g/mol. The molecule has 1 aliphatic carbocycles. The van der Waals surface area contributed by atoms with E-state index in [0.717, 1.165) is 24.3 Å². The molecule has 1 heterocycles. The number of amides is 2. The molecule has 0 saturated carbocycles. The van der Waals surface area contributed by atoms with E-state index in [9.17, 15) is 4.79 Å². The Morgan fingerprint density at radius 2 is 2.36 bits per heavy atom. The summed E-state index contributed by atoms with van der Waals surface area (Å²) in [5, 5.41) is 3.67. The first-order valence-corrected chi connectivity index (χ1v) is 4.94. The van der Waals surface area contributed by atoms with Gasteiger partial charge in [-0.05, 0) is 30.8 Å². The van der Waals surface area contributed by atoms with Crippen LogP contribution in [0.15, 0.2) is 28.4 Å². The maximum atomic E-state index is 10.7. The highest BCUT2D eigenvalue weighted by atomic mass is 16.2. The Bertz CT molecular complexity index is 339. The average Bonchev–Trinajstić information content (AvgIpc) is 2.21. The molecule has 1 radical (unpaired) electrons. The van der Waals surface area contributed by atoms with Crippen LogP contribution in [0.4, 0.5) is 4.79 Å². The fourth-order valence-corrected chi connectivity index (χ4v) is 1.71. The Kier molecular flexibility index (Phi) is 2.48. The van der Waals surface area contributed by atoms with E-state index in [2.05, 4.69) is 23.3 Å². The number of urea groups is 1. The number of aliphatic imine (C=N–C) groups is 1. The number of hydrogen-bond acceptors (Lipinski definition) is 1. The third kappa shape index (κ3) is 1.92. The number of carbonyl (C=O) groups excluding carboxylic acids is 1. The van der Waals surface area contributed by atoms with Gasteiger partial charge >= 0.3 is 6.03 Å². The molecular formula is C11H13N2O. The molecule has 14 heavy (non-hydrogen) atoms. The smallest absolute Gasteiger partial charge is 0.244 e. The Morgan fingerprint density at radius 1 is 1.50 bits per heavy atom. The number of hydrogen-bond donors (Lipinski definition) is 0. The largest absolute Gasteiger partial charge is 0.366 e. The summed E-state index contributed by atoms with van der Waals surface area (Å²) < 4.78 is 0. The van der Waals surface area contributed by atoms with Gasteiger partial charge in [0.25, 0.3) is 0 Å². The van der Waals surface area contributed by atoms with Crippen molar-refractivity contribution >= 4 is 12.2 Å². The normalized spacial score (nSPS) is 26.6. The highest BCUT2D eigenvalue weighted by Crippen LogP contribution is 2.27. The first-order valence-electron chi connectivity index (χ1n) is 4.94. The van der Waals surface area contributed by atoms with Crippen molar-refractivity contribution in [2.75, 3.05) is 0 Å². The molecule has 1 aliphatic heterocycles. The topological polar surface area (TPSA) is 43.5 Å². The van der Waals surface area contributed by atoms with Crippen LogP contribution in [0.1, 0.15) is 26.2 Å². The fraction of sp³-hybridized carbons (Fsp3) is 0.455. The molecule has 1 atom stereocenters. The number of carbonyl (C=O) groups is 1. The zero-order valence-corrected chi connectivity index (χ0v) is 8.23. The molecule has 2 aliphatic rings. The van der Waals surface area contributed by atoms with Gasteiger partial charge in [-0.1, -0.05) is 13.0 Å². The van der Waals surface area contributed by atoms with Crippen molar-refractivity contribution in [3.8, 4) is 0 Å². The Morgan fingerprint density at radius 3 is 2.93 bits per heavy atom. The highest BCUT2D eigenvalue weighted by Gasteiger charge is 2.14. The maximum Gasteiger partial charge on any atom is 0.366 e. The zero-order chi connectivity index (χ0) is 9.97. The first kappa shape index (κ1) is 9.19. The van der Waals surface area contributed by atoms with Crippen molar-refractivity contribution in [2.45, 2.75) is 26.2 Å². The van der Waals surface area contributed by atoms with Gasteiger partial charge in [0.1, 0.15) is 0 Å². The second kappa shape index (κ2) is 3.78. The molecule has 0 aromatic heterocycles. The number of rotatable bonds is 1. The minimum Gasteiger partial charge on any atom is -0.244 e. The van der Waals surface area contributed by atoms with Crippen LogP contribution in [0, 0.1) is 5.92 Å². The van der Waals surface area contributed by atoms with Crippen LogP contribution < -0.4 is 5.32 Å². The summed E-state index contributed by atoms with van der Waals surface area (Å²) in [6.45, 7) is 2.25. The van der Waals surface area contributed by atoms with Crippen molar-refractivity contribution in [1.82, 2.24) is 5.32 Å². The summed E-state index contributed by atoms with van der Waals surface area (Å²) >= 11 is 0. The van der Waals surface area contributed by atoms with Crippen LogP contribution >= 0.6 is 0 Å². The molecule has 2 rings (SSSR count). The predicted octanol–water partition coefficient (Wildman–Crippen LogP) is 2.43. The van der Waals surface area contributed by atoms with E-state index in [1.54, 1.807) is 12.4 Å². The molecule has 3 nitrogen and oxygen atoms in total. The summed E-state index contributed by atoms with van der Waals surface area (Å²) in [6, 6.07) is -0.404. The van der Waals surface area contributed by atoms with Crippen molar-refractivity contribution < 1.29 is 4.79 Å². The molecule has 3 heteroatoms. The van der Waals surface area contributed by atoms with Crippen LogP contribution in [0.2, 0.25) is 0 Å². The lowest BCUT2D eigenvalue weighted by atomic mass is 9.88. The van der Waals surface area contributed by atoms with E-state index >= 15 is 0 Å². The van der Waals surface area contributed by atoms with E-state index in [-0.39, 0.29) is 0 Å². The van der Waals surface area contributed by atoms with Gasteiger partial charge in [-0.25, -0.2) is 4.79 Å². The number of nitrogens with zero attached hydrogens (tertiary/aromatic N) is 2. The Balaban J connectivity index is 2.10. The quantitative estimate of drug-likeness (QED) is 0.624. The van der Waals surface area contributed by atoms with Crippen LogP contribution in [0.3, 0.4) is 0 Å². The molecule has 1 unspecified atom stereocenters. The van der Waals surface area contributed by atoms with Gasteiger partial charge in [-0.15, -0.1) is 0 Å². The molecule has 0 saturated heterocycles. The first-order chi connectivity index (χ1) is 6.75. The van der Waals surface area contributed by atoms with Crippen LogP contribution in [-0.4, -0.2) is 12.2 Å². The van der Waals surface area contributed by atoms with E-state index < -0.39 is 6.03 Å². The Labute approximate surface area is 83.6 Å². The van der Waals surface area contributed by atoms with Crippen LogP contribution in [-0.2, 0) is 0 Å². The lowest BCUT2D eigenvalue weighted by Gasteiger charge is -2.19. The summed E-state index contributed by atoms with van der Waals surface area (Å²) in [6.07, 6.45) is 8.88. The maximum absolute atomic E-state index is 10.7. The molecule has 2 amide bonds. The van der Waals surface area contributed by atoms with Gasteiger partial charge < -0.3 is 0 Å². The molecule has 0 fully saturated rings. The molecule has 73 valence electrons. The molecule has 0 N–H and O–H groups in total. The van der Waals surface area contributed by atoms with Crippen molar-refractivity contribution in [2.24, 2.45) is 10.9 Å². The minimum absolute atomic E-state index is 0.404. The molecule has 0 aromatic rings. The summed E-state index contributed by atoms with van der Waals surface area (Å²) in [7, 11) is 0. The second-order valence-electron chi connectivity index (χ2n) is 3.86. The average molecular weight is 189 g/mol. The van der Waals surface area contributed by atoms with E-state index in [1.165, 1.54) is 12.0 Å².